The topological polar surface area (TPSA) is 59.7 Å². The van der Waals surface area contributed by atoms with Gasteiger partial charge in [0.25, 0.3) is 0 Å². The fraction of sp³-hybridized carbons (Fsp3) is 0.0625. The number of benzene rings is 2. The third-order valence-corrected chi connectivity index (χ3v) is 3.40. The number of phenols is 1. The molecule has 0 aliphatic rings. The van der Waals surface area contributed by atoms with E-state index in [4.69, 9.17) is 20.8 Å². The van der Waals surface area contributed by atoms with Crippen LogP contribution in [0.25, 0.3) is 22.3 Å². The highest BCUT2D eigenvalue weighted by molar-refractivity contribution is 6.30. The van der Waals surface area contributed by atoms with Crippen molar-refractivity contribution in [3.05, 3.63) is 57.7 Å². The van der Waals surface area contributed by atoms with Crippen LogP contribution >= 0.6 is 11.6 Å². The minimum atomic E-state index is -0.247. The van der Waals surface area contributed by atoms with Crippen LogP contribution in [0.2, 0.25) is 5.02 Å². The normalized spacial score (nSPS) is 10.8. The maximum atomic E-state index is 12.3. The molecule has 0 aliphatic carbocycles. The third-order valence-electron chi connectivity index (χ3n) is 3.16. The van der Waals surface area contributed by atoms with E-state index >= 15 is 0 Å². The molecule has 0 atom stereocenters. The molecule has 4 nitrogen and oxygen atoms in total. The lowest BCUT2D eigenvalue weighted by Gasteiger charge is -2.08. The largest absolute Gasteiger partial charge is 0.507 e. The standard InChI is InChI=1S/C16H11ClO4/c1-20-13-3-2-4-14-16(13)12(19)8-15(21-14)10-7-9(17)5-6-11(10)18/h2-8,18H,1H3. The summed E-state index contributed by atoms with van der Waals surface area (Å²) in [5.74, 6) is 0.689. The molecule has 0 unspecified atom stereocenters. The molecule has 21 heavy (non-hydrogen) atoms. The summed E-state index contributed by atoms with van der Waals surface area (Å²) in [4.78, 5) is 12.3. The van der Waals surface area contributed by atoms with Gasteiger partial charge in [-0.05, 0) is 30.3 Å². The van der Waals surface area contributed by atoms with Gasteiger partial charge in [0.05, 0.1) is 12.7 Å². The van der Waals surface area contributed by atoms with Gasteiger partial charge >= 0.3 is 0 Å². The number of fused-ring (bicyclic) bond motifs is 1. The predicted octanol–water partition coefficient (Wildman–Crippen LogP) is 3.83. The molecular weight excluding hydrogens is 292 g/mol. The van der Waals surface area contributed by atoms with Gasteiger partial charge in [-0.2, -0.15) is 0 Å². The summed E-state index contributed by atoms with van der Waals surface area (Å²) in [5.41, 5.74) is 0.503. The second kappa shape index (κ2) is 5.14. The molecule has 5 heteroatoms. The van der Waals surface area contributed by atoms with Crippen LogP contribution in [0.5, 0.6) is 11.5 Å². The van der Waals surface area contributed by atoms with Gasteiger partial charge in [-0.3, -0.25) is 4.79 Å². The molecule has 0 saturated carbocycles. The zero-order valence-electron chi connectivity index (χ0n) is 11.1. The summed E-state index contributed by atoms with van der Waals surface area (Å²) >= 11 is 5.92. The lowest BCUT2D eigenvalue weighted by Crippen LogP contribution is -2.02. The zero-order valence-corrected chi connectivity index (χ0v) is 11.8. The van der Waals surface area contributed by atoms with Crippen LogP contribution in [-0.4, -0.2) is 12.2 Å². The van der Waals surface area contributed by atoms with Crippen LogP contribution in [0, 0.1) is 0 Å². The molecule has 1 N–H and O–H groups in total. The van der Waals surface area contributed by atoms with Gasteiger partial charge in [-0.1, -0.05) is 17.7 Å². The molecule has 2 aromatic carbocycles. The average Bonchev–Trinajstić information content (AvgIpc) is 2.48. The van der Waals surface area contributed by atoms with E-state index in [1.807, 2.05) is 0 Å². The Labute approximate surface area is 125 Å². The number of hydrogen-bond acceptors (Lipinski definition) is 4. The number of aromatic hydroxyl groups is 1. The average molecular weight is 303 g/mol. The monoisotopic (exact) mass is 302 g/mol. The molecular formula is C16H11ClO4. The molecule has 3 aromatic rings. The van der Waals surface area contributed by atoms with Crippen molar-refractivity contribution in [2.45, 2.75) is 0 Å². The zero-order chi connectivity index (χ0) is 15.0. The maximum absolute atomic E-state index is 12.3. The second-order valence-electron chi connectivity index (χ2n) is 4.47. The fourth-order valence-corrected chi connectivity index (χ4v) is 2.36. The summed E-state index contributed by atoms with van der Waals surface area (Å²) < 4.78 is 10.9. The summed E-state index contributed by atoms with van der Waals surface area (Å²) in [5, 5.41) is 10.7. The third kappa shape index (κ3) is 2.34. The van der Waals surface area contributed by atoms with Crippen molar-refractivity contribution in [1.82, 2.24) is 0 Å². The molecule has 0 aliphatic heterocycles. The van der Waals surface area contributed by atoms with E-state index in [0.29, 0.717) is 27.3 Å². The summed E-state index contributed by atoms with van der Waals surface area (Å²) in [6, 6.07) is 11.0. The Morgan fingerprint density at radius 2 is 2.00 bits per heavy atom. The number of ether oxygens (including phenoxy) is 1. The first kappa shape index (κ1) is 13.5. The molecule has 0 fully saturated rings. The van der Waals surface area contributed by atoms with Crippen LogP contribution < -0.4 is 10.2 Å². The highest BCUT2D eigenvalue weighted by Gasteiger charge is 2.13. The van der Waals surface area contributed by atoms with E-state index in [-0.39, 0.29) is 16.9 Å². The van der Waals surface area contributed by atoms with Crippen molar-refractivity contribution in [2.75, 3.05) is 7.11 Å². The van der Waals surface area contributed by atoms with E-state index in [0.717, 1.165) is 0 Å². The SMILES string of the molecule is COc1cccc2oc(-c3cc(Cl)ccc3O)cc(=O)c12. The number of hydrogen-bond donors (Lipinski definition) is 1. The molecule has 0 spiro atoms. The van der Waals surface area contributed by atoms with Crippen molar-refractivity contribution in [2.24, 2.45) is 0 Å². The minimum absolute atomic E-state index is 0.00945. The molecule has 0 saturated heterocycles. The van der Waals surface area contributed by atoms with Crippen molar-refractivity contribution in [3.63, 3.8) is 0 Å². The molecule has 1 heterocycles. The first-order valence-electron chi connectivity index (χ1n) is 6.20. The van der Waals surface area contributed by atoms with Crippen molar-refractivity contribution in [3.8, 4) is 22.8 Å². The first-order chi connectivity index (χ1) is 10.1. The molecule has 106 valence electrons. The van der Waals surface area contributed by atoms with Gasteiger partial charge in [-0.25, -0.2) is 0 Å². The van der Waals surface area contributed by atoms with Crippen LogP contribution in [0.1, 0.15) is 0 Å². The van der Waals surface area contributed by atoms with Crippen molar-refractivity contribution in [1.29, 1.82) is 0 Å². The van der Waals surface area contributed by atoms with Gasteiger partial charge < -0.3 is 14.3 Å². The van der Waals surface area contributed by atoms with Gasteiger partial charge in [-0.15, -0.1) is 0 Å². The molecule has 3 rings (SSSR count). The summed E-state index contributed by atoms with van der Waals surface area (Å²) in [6.45, 7) is 0. The van der Waals surface area contributed by atoms with Crippen LogP contribution in [0.4, 0.5) is 0 Å². The number of halogens is 1. The van der Waals surface area contributed by atoms with Crippen LogP contribution in [-0.2, 0) is 0 Å². The van der Waals surface area contributed by atoms with E-state index in [9.17, 15) is 9.90 Å². The Morgan fingerprint density at radius 1 is 1.19 bits per heavy atom. The summed E-state index contributed by atoms with van der Waals surface area (Å²) in [7, 11) is 1.49. The van der Waals surface area contributed by atoms with E-state index in [1.54, 1.807) is 30.3 Å². The van der Waals surface area contributed by atoms with Gasteiger partial charge in [0.1, 0.15) is 28.2 Å². The maximum Gasteiger partial charge on any atom is 0.197 e. The molecule has 0 bridgehead atoms. The molecule has 0 radical (unpaired) electrons. The smallest absolute Gasteiger partial charge is 0.197 e. The Bertz CT molecular complexity index is 883. The first-order valence-corrected chi connectivity index (χ1v) is 6.57. The second-order valence-corrected chi connectivity index (χ2v) is 4.91. The predicted molar refractivity (Wildman–Crippen MR) is 81.1 cm³/mol. The Balaban J connectivity index is 2.31. The van der Waals surface area contributed by atoms with Crippen molar-refractivity contribution >= 4 is 22.6 Å². The number of phenolic OH excluding ortho intramolecular Hbond substituents is 1. The van der Waals surface area contributed by atoms with Gasteiger partial charge in [0.2, 0.25) is 0 Å². The van der Waals surface area contributed by atoms with Crippen LogP contribution in [0.3, 0.4) is 0 Å². The molecule has 1 aromatic heterocycles. The van der Waals surface area contributed by atoms with Crippen LogP contribution in [0.15, 0.2) is 51.7 Å². The Kier molecular flexibility index (Phi) is 3.31. The summed E-state index contributed by atoms with van der Waals surface area (Å²) in [6.07, 6.45) is 0. The quantitative estimate of drug-likeness (QED) is 0.781. The molecule has 0 amide bonds. The Hall–Kier alpha value is -2.46. The van der Waals surface area contributed by atoms with Crippen molar-refractivity contribution < 1.29 is 14.3 Å². The highest BCUT2D eigenvalue weighted by atomic mass is 35.5. The lowest BCUT2D eigenvalue weighted by atomic mass is 10.1. The van der Waals surface area contributed by atoms with Gasteiger partial charge in [0, 0.05) is 11.1 Å². The fourth-order valence-electron chi connectivity index (χ4n) is 2.19. The Morgan fingerprint density at radius 3 is 2.76 bits per heavy atom. The lowest BCUT2D eigenvalue weighted by molar-refractivity contribution is 0.418. The van der Waals surface area contributed by atoms with E-state index < -0.39 is 0 Å². The van der Waals surface area contributed by atoms with E-state index in [1.165, 1.54) is 19.2 Å². The highest BCUT2D eigenvalue weighted by Crippen LogP contribution is 2.33. The van der Waals surface area contributed by atoms with Gasteiger partial charge in [0.15, 0.2) is 5.43 Å². The minimum Gasteiger partial charge on any atom is -0.507 e. The number of methoxy groups -OCH3 is 1. The van der Waals surface area contributed by atoms with E-state index in [2.05, 4.69) is 0 Å². The number of rotatable bonds is 2.